The van der Waals surface area contributed by atoms with Gasteiger partial charge in [-0.2, -0.15) is 0 Å². The molecule has 1 saturated heterocycles. The van der Waals surface area contributed by atoms with Gasteiger partial charge in [0.2, 0.25) is 5.91 Å². The van der Waals surface area contributed by atoms with E-state index in [2.05, 4.69) is 10.3 Å². The Bertz CT molecular complexity index is 553. The summed E-state index contributed by atoms with van der Waals surface area (Å²) in [7, 11) is 1.96. The van der Waals surface area contributed by atoms with E-state index in [0.717, 1.165) is 36.6 Å². The largest absolute Gasteiger partial charge is 0.341 e. The molecule has 5 nitrogen and oxygen atoms in total. The second kappa shape index (κ2) is 6.56. The quantitative estimate of drug-likeness (QED) is 0.935. The average molecular weight is 315 g/mol. The van der Waals surface area contributed by atoms with Gasteiger partial charge in [-0.25, -0.2) is 4.98 Å². The van der Waals surface area contributed by atoms with Crippen LogP contribution in [0.1, 0.15) is 18.5 Å². The summed E-state index contributed by atoms with van der Waals surface area (Å²) >= 11 is 1.59. The van der Waals surface area contributed by atoms with Crippen molar-refractivity contribution < 1.29 is 4.79 Å². The Labute approximate surface area is 128 Å². The molecule has 1 unspecified atom stereocenters. The number of piperidine rings is 1. The molecule has 110 valence electrons. The second-order valence-corrected chi connectivity index (χ2v) is 5.84. The molecule has 0 radical (unpaired) electrons. The van der Waals surface area contributed by atoms with E-state index in [9.17, 15) is 4.79 Å². The molecule has 0 spiro atoms. The highest BCUT2D eigenvalue weighted by atomic mass is 35.5. The number of aromatic nitrogens is 2. The van der Waals surface area contributed by atoms with Gasteiger partial charge in [-0.1, -0.05) is 0 Å². The summed E-state index contributed by atoms with van der Waals surface area (Å²) in [5, 5.41) is 5.25. The van der Waals surface area contributed by atoms with Gasteiger partial charge >= 0.3 is 0 Å². The number of nitrogens with zero attached hydrogens (tertiary/aromatic N) is 3. The minimum absolute atomic E-state index is 0. The summed E-state index contributed by atoms with van der Waals surface area (Å²) in [4.78, 5) is 19.7. The molecule has 20 heavy (non-hydrogen) atoms. The fourth-order valence-electron chi connectivity index (χ4n) is 2.57. The van der Waals surface area contributed by atoms with Crippen LogP contribution in [0, 0.1) is 0 Å². The number of amides is 1. The number of carbonyl (C=O) groups excluding carboxylic acids is 1. The van der Waals surface area contributed by atoms with E-state index in [1.54, 1.807) is 11.3 Å². The van der Waals surface area contributed by atoms with Gasteiger partial charge in [-0.3, -0.25) is 9.20 Å². The lowest BCUT2D eigenvalue weighted by Gasteiger charge is -2.32. The maximum Gasteiger partial charge on any atom is 0.228 e. The third-order valence-corrected chi connectivity index (χ3v) is 4.43. The highest BCUT2D eigenvalue weighted by molar-refractivity contribution is 7.15. The lowest BCUT2D eigenvalue weighted by Crippen LogP contribution is -2.47. The maximum absolute atomic E-state index is 12.3. The van der Waals surface area contributed by atoms with Crippen molar-refractivity contribution in [3.05, 3.63) is 23.5 Å². The van der Waals surface area contributed by atoms with Gasteiger partial charge in [0.25, 0.3) is 0 Å². The van der Waals surface area contributed by atoms with Gasteiger partial charge in [0.1, 0.15) is 0 Å². The van der Waals surface area contributed by atoms with Crippen molar-refractivity contribution in [2.24, 2.45) is 0 Å². The first kappa shape index (κ1) is 15.3. The van der Waals surface area contributed by atoms with Gasteiger partial charge in [-0.05, 0) is 19.9 Å². The fourth-order valence-corrected chi connectivity index (χ4v) is 3.29. The van der Waals surface area contributed by atoms with Crippen LogP contribution >= 0.6 is 23.7 Å². The molecule has 1 atom stereocenters. The number of nitrogens with one attached hydrogen (secondary N) is 1. The van der Waals surface area contributed by atoms with Crippen LogP contribution in [0.4, 0.5) is 0 Å². The normalized spacial score (nSPS) is 19.1. The number of imidazole rings is 1. The molecule has 1 amide bonds. The van der Waals surface area contributed by atoms with Crippen molar-refractivity contribution in [1.29, 1.82) is 0 Å². The van der Waals surface area contributed by atoms with Crippen LogP contribution < -0.4 is 5.32 Å². The number of fused-ring (bicyclic) bond motifs is 1. The molecule has 0 bridgehead atoms. The van der Waals surface area contributed by atoms with Crippen molar-refractivity contribution in [2.75, 3.05) is 20.1 Å². The zero-order chi connectivity index (χ0) is 13.2. The van der Waals surface area contributed by atoms with E-state index < -0.39 is 0 Å². The van der Waals surface area contributed by atoms with E-state index in [0.29, 0.717) is 12.5 Å². The lowest BCUT2D eigenvalue weighted by molar-refractivity contribution is -0.131. The van der Waals surface area contributed by atoms with Crippen molar-refractivity contribution >= 4 is 34.6 Å². The standard InChI is InChI=1S/C13H18N4OS.ClH/c1-14-10-3-2-4-16(8-10)12(18)7-11-9-17-5-6-19-13(17)15-11;/h5-6,9-10,14H,2-4,7-8H2,1H3;1H. The zero-order valence-corrected chi connectivity index (χ0v) is 13.0. The monoisotopic (exact) mass is 314 g/mol. The molecule has 1 aliphatic heterocycles. The van der Waals surface area contributed by atoms with Crippen molar-refractivity contribution in [2.45, 2.75) is 25.3 Å². The molecule has 7 heteroatoms. The second-order valence-electron chi connectivity index (χ2n) is 4.97. The van der Waals surface area contributed by atoms with Gasteiger partial charge in [0.15, 0.2) is 4.96 Å². The molecule has 2 aromatic rings. The van der Waals surface area contributed by atoms with Crippen LogP contribution in [0.2, 0.25) is 0 Å². The molecule has 3 heterocycles. The minimum Gasteiger partial charge on any atom is -0.341 e. The van der Waals surface area contributed by atoms with Crippen molar-refractivity contribution in [3.63, 3.8) is 0 Å². The Kier molecular flexibility index (Phi) is 5.01. The number of rotatable bonds is 3. The van der Waals surface area contributed by atoms with E-state index in [1.165, 1.54) is 0 Å². The van der Waals surface area contributed by atoms with E-state index in [1.807, 2.05) is 34.1 Å². The first-order valence-corrected chi connectivity index (χ1v) is 7.50. The Hall–Kier alpha value is -1.11. The summed E-state index contributed by atoms with van der Waals surface area (Å²) in [5.41, 5.74) is 0.864. The molecule has 0 saturated carbocycles. The fraction of sp³-hybridized carbons (Fsp3) is 0.538. The van der Waals surface area contributed by atoms with Crippen LogP contribution in [0.5, 0.6) is 0 Å². The molecule has 1 aliphatic rings. The van der Waals surface area contributed by atoms with E-state index in [-0.39, 0.29) is 18.3 Å². The van der Waals surface area contributed by atoms with Crippen LogP contribution in [-0.4, -0.2) is 46.4 Å². The van der Waals surface area contributed by atoms with Crippen LogP contribution in [0.25, 0.3) is 4.96 Å². The van der Waals surface area contributed by atoms with Gasteiger partial charge in [0.05, 0.1) is 12.1 Å². The minimum atomic E-state index is 0. The van der Waals surface area contributed by atoms with Crippen molar-refractivity contribution in [1.82, 2.24) is 19.6 Å². The molecular weight excluding hydrogens is 296 g/mol. The van der Waals surface area contributed by atoms with Crippen LogP contribution in [0.15, 0.2) is 17.8 Å². The number of likely N-dealkylation sites (N-methyl/N-ethyl adjacent to an activating group) is 1. The summed E-state index contributed by atoms with van der Waals surface area (Å²) in [6, 6.07) is 0.434. The number of carbonyl (C=O) groups is 1. The Balaban J connectivity index is 0.00000147. The summed E-state index contributed by atoms with van der Waals surface area (Å²) in [5.74, 6) is 0.186. The Morgan fingerprint density at radius 1 is 1.60 bits per heavy atom. The smallest absolute Gasteiger partial charge is 0.228 e. The summed E-state index contributed by atoms with van der Waals surface area (Å²) in [6.45, 7) is 1.69. The summed E-state index contributed by atoms with van der Waals surface area (Å²) in [6.07, 6.45) is 6.56. The zero-order valence-electron chi connectivity index (χ0n) is 11.4. The SMILES string of the molecule is CNC1CCCN(C(=O)Cc2cn3ccsc3n2)C1.Cl. The van der Waals surface area contributed by atoms with Gasteiger partial charge < -0.3 is 10.2 Å². The number of halogens is 1. The number of hydrogen-bond acceptors (Lipinski definition) is 4. The number of likely N-dealkylation sites (tertiary alicyclic amines) is 1. The Morgan fingerprint density at radius 2 is 2.45 bits per heavy atom. The molecule has 1 N–H and O–H groups in total. The summed E-state index contributed by atoms with van der Waals surface area (Å²) < 4.78 is 1.97. The molecule has 1 fully saturated rings. The van der Waals surface area contributed by atoms with Gasteiger partial charge in [0, 0.05) is 36.9 Å². The lowest BCUT2D eigenvalue weighted by atomic mass is 10.1. The highest BCUT2D eigenvalue weighted by Gasteiger charge is 2.23. The first-order chi connectivity index (χ1) is 9.26. The third kappa shape index (κ3) is 3.13. The molecule has 0 aromatic carbocycles. The number of hydrogen-bond donors (Lipinski definition) is 1. The average Bonchev–Trinajstić information content (AvgIpc) is 2.99. The highest BCUT2D eigenvalue weighted by Crippen LogP contribution is 2.14. The Morgan fingerprint density at radius 3 is 3.20 bits per heavy atom. The molecular formula is C13H19ClN4OS. The predicted molar refractivity (Wildman–Crippen MR) is 82.7 cm³/mol. The number of thiazole rings is 1. The predicted octanol–water partition coefficient (Wildman–Crippen LogP) is 1.57. The maximum atomic E-state index is 12.3. The molecule has 3 rings (SSSR count). The topological polar surface area (TPSA) is 49.6 Å². The van der Waals surface area contributed by atoms with Crippen LogP contribution in [-0.2, 0) is 11.2 Å². The van der Waals surface area contributed by atoms with Crippen molar-refractivity contribution in [3.8, 4) is 0 Å². The molecule has 0 aliphatic carbocycles. The van der Waals surface area contributed by atoms with E-state index >= 15 is 0 Å². The van der Waals surface area contributed by atoms with E-state index in [4.69, 9.17) is 0 Å². The first-order valence-electron chi connectivity index (χ1n) is 6.62. The molecule has 2 aromatic heterocycles. The van der Waals surface area contributed by atoms with Crippen LogP contribution in [0.3, 0.4) is 0 Å². The van der Waals surface area contributed by atoms with Gasteiger partial charge in [-0.15, -0.1) is 23.7 Å². The third-order valence-electron chi connectivity index (χ3n) is 3.66.